The van der Waals surface area contributed by atoms with Crippen molar-refractivity contribution in [3.05, 3.63) is 90.0 Å². The van der Waals surface area contributed by atoms with E-state index in [1.807, 2.05) is 91.9 Å². The van der Waals surface area contributed by atoms with Crippen LogP contribution in [0, 0.1) is 0 Å². The van der Waals surface area contributed by atoms with Gasteiger partial charge in [0.1, 0.15) is 0 Å². The van der Waals surface area contributed by atoms with Gasteiger partial charge in [0.25, 0.3) is 0 Å². The first-order chi connectivity index (χ1) is 11.2. The van der Waals surface area contributed by atoms with Gasteiger partial charge in [0.05, 0.1) is 12.5 Å². The van der Waals surface area contributed by atoms with Crippen LogP contribution in [0.1, 0.15) is 24.5 Å². The van der Waals surface area contributed by atoms with Gasteiger partial charge in [-0.05, 0) is 24.5 Å². The molecule has 0 unspecified atom stereocenters. The van der Waals surface area contributed by atoms with Gasteiger partial charge in [0.15, 0.2) is 0 Å². The van der Waals surface area contributed by atoms with Gasteiger partial charge >= 0.3 is 5.97 Å². The van der Waals surface area contributed by atoms with Gasteiger partial charge in [0, 0.05) is 0 Å². The SMILES string of the molecule is COC(=O)[C@@](C)(CC=C/C=C/c1ccccc1)c1ccccc1. The first-order valence-electron chi connectivity index (χ1n) is 7.69. The molecule has 118 valence electrons. The van der Waals surface area contributed by atoms with E-state index < -0.39 is 5.41 Å². The average molecular weight is 306 g/mol. The van der Waals surface area contributed by atoms with E-state index in [2.05, 4.69) is 0 Å². The minimum atomic E-state index is -0.674. The molecular weight excluding hydrogens is 284 g/mol. The van der Waals surface area contributed by atoms with Crippen LogP contribution in [0.25, 0.3) is 6.08 Å². The maximum absolute atomic E-state index is 12.2. The highest BCUT2D eigenvalue weighted by atomic mass is 16.5. The van der Waals surface area contributed by atoms with Crippen LogP contribution in [0.4, 0.5) is 0 Å². The van der Waals surface area contributed by atoms with E-state index in [-0.39, 0.29) is 5.97 Å². The van der Waals surface area contributed by atoms with Crippen LogP contribution in [-0.2, 0) is 14.9 Å². The lowest BCUT2D eigenvalue weighted by atomic mass is 9.79. The van der Waals surface area contributed by atoms with Crippen LogP contribution in [0.3, 0.4) is 0 Å². The van der Waals surface area contributed by atoms with Gasteiger partial charge in [-0.1, -0.05) is 85.0 Å². The summed E-state index contributed by atoms with van der Waals surface area (Å²) in [6.45, 7) is 1.92. The summed E-state index contributed by atoms with van der Waals surface area (Å²) in [7, 11) is 1.43. The molecule has 0 saturated carbocycles. The number of rotatable bonds is 6. The Morgan fingerprint density at radius 1 is 1.00 bits per heavy atom. The summed E-state index contributed by atoms with van der Waals surface area (Å²) in [5.74, 6) is -0.222. The average Bonchev–Trinajstić information content (AvgIpc) is 2.62. The zero-order valence-electron chi connectivity index (χ0n) is 13.6. The molecule has 0 spiro atoms. The summed E-state index contributed by atoms with van der Waals surface area (Å²) in [4.78, 5) is 12.2. The summed E-state index contributed by atoms with van der Waals surface area (Å²) >= 11 is 0. The molecule has 2 aromatic rings. The molecule has 0 aliphatic heterocycles. The zero-order chi connectivity index (χ0) is 16.5. The van der Waals surface area contributed by atoms with Gasteiger partial charge < -0.3 is 4.74 Å². The lowest BCUT2D eigenvalue weighted by molar-refractivity contribution is -0.146. The summed E-state index contributed by atoms with van der Waals surface area (Å²) in [6, 6.07) is 19.9. The standard InChI is InChI=1S/C21H22O2/c1-21(20(22)23-2,19-15-9-4-10-16-19)17-11-5-8-14-18-12-6-3-7-13-18/h3-16H,17H2,1-2H3/b11-5?,14-8+/t21-/m0/s1. The van der Waals surface area contributed by atoms with Crippen molar-refractivity contribution in [3.63, 3.8) is 0 Å². The highest BCUT2D eigenvalue weighted by Crippen LogP contribution is 2.29. The minimum Gasteiger partial charge on any atom is -0.468 e. The molecule has 0 saturated heterocycles. The van der Waals surface area contributed by atoms with Crippen molar-refractivity contribution in [2.75, 3.05) is 7.11 Å². The minimum absolute atomic E-state index is 0.222. The van der Waals surface area contributed by atoms with Crippen molar-refractivity contribution in [2.45, 2.75) is 18.8 Å². The number of hydrogen-bond donors (Lipinski definition) is 0. The highest BCUT2D eigenvalue weighted by molar-refractivity contribution is 5.82. The Labute approximate surface area is 138 Å². The molecule has 2 nitrogen and oxygen atoms in total. The second-order valence-electron chi connectivity index (χ2n) is 5.59. The van der Waals surface area contributed by atoms with Crippen molar-refractivity contribution in [1.29, 1.82) is 0 Å². The van der Waals surface area contributed by atoms with Crippen LogP contribution in [-0.4, -0.2) is 13.1 Å². The molecule has 0 heterocycles. The number of methoxy groups -OCH3 is 1. The van der Waals surface area contributed by atoms with E-state index in [0.717, 1.165) is 11.1 Å². The number of benzene rings is 2. The third-order valence-corrected chi connectivity index (χ3v) is 3.91. The summed E-state index contributed by atoms with van der Waals surface area (Å²) in [5, 5.41) is 0. The van der Waals surface area contributed by atoms with E-state index in [1.54, 1.807) is 0 Å². The fraction of sp³-hybridized carbons (Fsp3) is 0.190. The van der Waals surface area contributed by atoms with Crippen LogP contribution < -0.4 is 0 Å². The van der Waals surface area contributed by atoms with Gasteiger partial charge in [-0.25, -0.2) is 0 Å². The third kappa shape index (κ3) is 4.43. The first kappa shape index (κ1) is 16.8. The maximum Gasteiger partial charge on any atom is 0.316 e. The molecule has 0 aromatic heterocycles. The normalized spacial score (nSPS) is 14.0. The molecule has 2 rings (SSSR count). The van der Waals surface area contributed by atoms with Gasteiger partial charge in [-0.2, -0.15) is 0 Å². The number of ether oxygens (including phenoxy) is 1. The van der Waals surface area contributed by atoms with Crippen LogP contribution in [0.15, 0.2) is 78.9 Å². The maximum atomic E-state index is 12.2. The van der Waals surface area contributed by atoms with E-state index in [0.29, 0.717) is 6.42 Å². The molecule has 1 atom stereocenters. The Balaban J connectivity index is 2.09. The second kappa shape index (κ2) is 8.14. The zero-order valence-corrected chi connectivity index (χ0v) is 13.6. The molecule has 23 heavy (non-hydrogen) atoms. The Morgan fingerprint density at radius 3 is 2.22 bits per heavy atom. The number of hydrogen-bond acceptors (Lipinski definition) is 2. The molecule has 0 amide bonds. The Hall–Kier alpha value is -2.61. The van der Waals surface area contributed by atoms with E-state index in [9.17, 15) is 4.79 Å². The Kier molecular flexibility index (Phi) is 5.93. The van der Waals surface area contributed by atoms with Gasteiger partial charge in [0.2, 0.25) is 0 Å². The predicted octanol–water partition coefficient (Wildman–Crippen LogP) is 4.78. The van der Waals surface area contributed by atoms with Crippen molar-refractivity contribution in [3.8, 4) is 0 Å². The summed E-state index contributed by atoms with van der Waals surface area (Å²) < 4.78 is 5.01. The quantitative estimate of drug-likeness (QED) is 0.567. The Bertz CT molecular complexity index is 672. The fourth-order valence-corrected chi connectivity index (χ4v) is 2.46. The van der Waals surface area contributed by atoms with Crippen molar-refractivity contribution < 1.29 is 9.53 Å². The highest BCUT2D eigenvalue weighted by Gasteiger charge is 2.34. The molecule has 0 bridgehead atoms. The van der Waals surface area contributed by atoms with Gasteiger partial charge in [-0.15, -0.1) is 0 Å². The predicted molar refractivity (Wildman–Crippen MR) is 95.0 cm³/mol. The molecule has 2 aromatic carbocycles. The molecule has 0 radical (unpaired) electrons. The Morgan fingerprint density at radius 2 is 1.61 bits per heavy atom. The monoisotopic (exact) mass is 306 g/mol. The van der Waals surface area contributed by atoms with Crippen molar-refractivity contribution in [1.82, 2.24) is 0 Å². The second-order valence-corrected chi connectivity index (χ2v) is 5.59. The molecule has 0 N–H and O–H groups in total. The largest absolute Gasteiger partial charge is 0.468 e. The summed E-state index contributed by atoms with van der Waals surface area (Å²) in [5.41, 5.74) is 1.44. The van der Waals surface area contributed by atoms with E-state index in [1.165, 1.54) is 7.11 Å². The topological polar surface area (TPSA) is 26.3 Å². The summed E-state index contributed by atoms with van der Waals surface area (Å²) in [6.07, 6.45) is 8.58. The lowest BCUT2D eigenvalue weighted by Gasteiger charge is -2.25. The van der Waals surface area contributed by atoms with Gasteiger partial charge in [-0.3, -0.25) is 4.79 Å². The number of allylic oxidation sites excluding steroid dienone is 3. The molecule has 0 aliphatic rings. The lowest BCUT2D eigenvalue weighted by Crippen LogP contribution is -2.33. The van der Waals surface area contributed by atoms with Crippen LogP contribution >= 0.6 is 0 Å². The van der Waals surface area contributed by atoms with Crippen LogP contribution in [0.5, 0.6) is 0 Å². The van der Waals surface area contributed by atoms with Crippen molar-refractivity contribution >= 4 is 12.0 Å². The van der Waals surface area contributed by atoms with Crippen molar-refractivity contribution in [2.24, 2.45) is 0 Å². The molecular formula is C21H22O2. The number of esters is 1. The molecule has 2 heteroatoms. The number of carbonyl (C=O) groups excluding carboxylic acids is 1. The molecule has 0 fully saturated rings. The van der Waals surface area contributed by atoms with E-state index in [4.69, 9.17) is 4.74 Å². The van der Waals surface area contributed by atoms with E-state index >= 15 is 0 Å². The molecule has 0 aliphatic carbocycles. The number of carbonyl (C=O) groups is 1. The smallest absolute Gasteiger partial charge is 0.316 e. The van der Waals surface area contributed by atoms with Crippen LogP contribution in [0.2, 0.25) is 0 Å². The fourth-order valence-electron chi connectivity index (χ4n) is 2.46. The first-order valence-corrected chi connectivity index (χ1v) is 7.69. The third-order valence-electron chi connectivity index (χ3n) is 3.91.